The molecule has 8 heteroatoms. The Hall–Kier alpha value is -2.25. The van der Waals surface area contributed by atoms with Crippen LogP contribution in [0.25, 0.3) is 0 Å². The summed E-state index contributed by atoms with van der Waals surface area (Å²) < 4.78 is 77.4. The molecule has 0 heterocycles. The highest BCUT2D eigenvalue weighted by Crippen LogP contribution is 2.19. The Bertz CT molecular complexity index is 721. The predicted molar refractivity (Wildman–Crippen MR) is 72.2 cm³/mol. The molecule has 0 bridgehead atoms. The van der Waals surface area contributed by atoms with Crippen molar-refractivity contribution in [2.24, 2.45) is 0 Å². The molecule has 0 spiro atoms. The van der Waals surface area contributed by atoms with E-state index in [0.29, 0.717) is 12.1 Å². The van der Waals surface area contributed by atoms with Crippen molar-refractivity contribution in [3.05, 3.63) is 47.3 Å². The lowest BCUT2D eigenvalue weighted by molar-refractivity contribution is 0.381. The van der Waals surface area contributed by atoms with Gasteiger partial charge in [0.1, 0.15) is 17.4 Å². The summed E-state index contributed by atoms with van der Waals surface area (Å²) in [6.45, 7) is 0. The number of hydrogen-bond acceptors (Lipinski definition) is 2. The second-order valence-corrected chi connectivity index (χ2v) is 4.41. The molecule has 0 aliphatic heterocycles. The first-order valence-corrected chi connectivity index (χ1v) is 6.11. The van der Waals surface area contributed by atoms with Crippen molar-refractivity contribution in [2.75, 3.05) is 14.2 Å². The Morgan fingerprint density at radius 3 is 2.05 bits per heavy atom. The fourth-order valence-corrected chi connectivity index (χ4v) is 2.12. The molecule has 0 atom stereocenters. The van der Waals surface area contributed by atoms with Crippen LogP contribution in [0.15, 0.2) is 18.2 Å². The Labute approximate surface area is 123 Å². The van der Waals surface area contributed by atoms with E-state index in [4.69, 9.17) is 9.47 Å². The van der Waals surface area contributed by atoms with E-state index in [0.717, 1.165) is 20.3 Å². The van der Waals surface area contributed by atoms with Gasteiger partial charge in [-0.2, -0.15) is 0 Å². The van der Waals surface area contributed by atoms with Gasteiger partial charge in [0, 0.05) is 23.7 Å². The topological polar surface area (TPSA) is 18.5 Å². The van der Waals surface area contributed by atoms with Crippen molar-refractivity contribution in [1.29, 1.82) is 0 Å². The smallest absolute Gasteiger partial charge is 0.210 e. The zero-order valence-electron chi connectivity index (χ0n) is 11.6. The zero-order chi connectivity index (χ0) is 16.4. The van der Waals surface area contributed by atoms with Gasteiger partial charge in [-0.25, -0.2) is 22.0 Å². The standard InChI is InChI=1S/C14H10BF5O2/c1-21-10-4-6(16)3-7(17)11(10)15-12-13(20)8(18)5-9(19)14(12)22-2/h3-5,15H,1-2H3. The van der Waals surface area contributed by atoms with Crippen molar-refractivity contribution in [1.82, 2.24) is 0 Å². The molecule has 22 heavy (non-hydrogen) atoms. The summed E-state index contributed by atoms with van der Waals surface area (Å²) >= 11 is 0. The normalized spacial score (nSPS) is 10.5. The Balaban J connectivity index is 2.61. The van der Waals surface area contributed by atoms with Crippen LogP contribution in [-0.4, -0.2) is 21.5 Å². The van der Waals surface area contributed by atoms with E-state index in [9.17, 15) is 22.0 Å². The Kier molecular flexibility index (Phi) is 4.58. The lowest BCUT2D eigenvalue weighted by Gasteiger charge is -2.13. The highest BCUT2D eigenvalue weighted by Gasteiger charge is 2.24. The molecule has 0 aromatic heterocycles. The van der Waals surface area contributed by atoms with Crippen molar-refractivity contribution in [3.63, 3.8) is 0 Å². The molecule has 0 radical (unpaired) electrons. The summed E-state index contributed by atoms with van der Waals surface area (Å²) in [6, 6.07) is 1.78. The predicted octanol–water partition coefficient (Wildman–Crippen LogP) is 1.79. The van der Waals surface area contributed by atoms with Crippen molar-refractivity contribution in [3.8, 4) is 11.5 Å². The second kappa shape index (κ2) is 6.25. The van der Waals surface area contributed by atoms with Crippen molar-refractivity contribution < 1.29 is 31.4 Å². The molecule has 0 unspecified atom stereocenters. The lowest BCUT2D eigenvalue weighted by Crippen LogP contribution is -2.35. The molecule has 2 nitrogen and oxygen atoms in total. The lowest BCUT2D eigenvalue weighted by atomic mass is 9.62. The minimum Gasteiger partial charge on any atom is -0.497 e. The van der Waals surface area contributed by atoms with Crippen LogP contribution in [0.3, 0.4) is 0 Å². The summed E-state index contributed by atoms with van der Waals surface area (Å²) in [5.41, 5.74) is -0.769. The fourth-order valence-electron chi connectivity index (χ4n) is 2.12. The van der Waals surface area contributed by atoms with Gasteiger partial charge in [0.05, 0.1) is 14.2 Å². The zero-order valence-corrected chi connectivity index (χ0v) is 11.6. The number of benzene rings is 2. The maximum absolute atomic E-state index is 13.9. The average molecular weight is 316 g/mol. The third kappa shape index (κ3) is 2.86. The van der Waals surface area contributed by atoms with Gasteiger partial charge in [-0.1, -0.05) is 0 Å². The van der Waals surface area contributed by atoms with Crippen LogP contribution in [-0.2, 0) is 0 Å². The van der Waals surface area contributed by atoms with Crippen LogP contribution >= 0.6 is 0 Å². The summed E-state index contributed by atoms with van der Waals surface area (Å²) in [4.78, 5) is 0. The van der Waals surface area contributed by atoms with Gasteiger partial charge >= 0.3 is 0 Å². The monoisotopic (exact) mass is 316 g/mol. The van der Waals surface area contributed by atoms with Crippen LogP contribution in [0.5, 0.6) is 11.5 Å². The molecular formula is C14H10BF5O2. The molecule has 116 valence electrons. The number of ether oxygens (including phenoxy) is 2. The third-order valence-corrected chi connectivity index (χ3v) is 3.12. The molecule has 2 rings (SSSR count). The van der Waals surface area contributed by atoms with E-state index in [-0.39, 0.29) is 11.2 Å². The molecule has 0 saturated heterocycles. The SMILES string of the molecule is COc1cc(F)cc(F)c1Bc1c(F)c(F)cc(F)c1OC. The van der Waals surface area contributed by atoms with Crippen LogP contribution < -0.4 is 20.4 Å². The highest BCUT2D eigenvalue weighted by molar-refractivity contribution is 6.69. The van der Waals surface area contributed by atoms with Crippen LogP contribution in [0.2, 0.25) is 0 Å². The summed E-state index contributed by atoms with van der Waals surface area (Å²) in [5.74, 6) is -6.61. The molecule has 2 aromatic rings. The third-order valence-electron chi connectivity index (χ3n) is 3.12. The van der Waals surface area contributed by atoms with E-state index >= 15 is 0 Å². The second-order valence-electron chi connectivity index (χ2n) is 4.41. The van der Waals surface area contributed by atoms with E-state index in [1.165, 1.54) is 0 Å². The van der Waals surface area contributed by atoms with Crippen molar-refractivity contribution >= 4 is 18.2 Å². The maximum Gasteiger partial charge on any atom is 0.210 e. The number of rotatable bonds is 4. The first kappa shape index (κ1) is 16.1. The van der Waals surface area contributed by atoms with Crippen LogP contribution in [0.1, 0.15) is 0 Å². The first-order valence-electron chi connectivity index (χ1n) is 6.11. The van der Waals surface area contributed by atoms with Gasteiger partial charge in [0.15, 0.2) is 23.2 Å². The largest absolute Gasteiger partial charge is 0.497 e. The molecular weight excluding hydrogens is 306 g/mol. The minimum atomic E-state index is -1.44. The molecule has 0 N–H and O–H groups in total. The van der Waals surface area contributed by atoms with Gasteiger partial charge in [-0.05, 0) is 5.46 Å². The molecule has 0 aliphatic carbocycles. The Morgan fingerprint density at radius 2 is 1.45 bits per heavy atom. The van der Waals surface area contributed by atoms with Crippen LogP contribution in [0.4, 0.5) is 22.0 Å². The fraction of sp³-hybridized carbons (Fsp3) is 0.143. The van der Waals surface area contributed by atoms with Crippen LogP contribution in [0, 0.1) is 29.1 Å². The summed E-state index contributed by atoms with van der Waals surface area (Å²) in [6.07, 6.45) is 0. The van der Waals surface area contributed by atoms with Gasteiger partial charge in [0.25, 0.3) is 0 Å². The van der Waals surface area contributed by atoms with Crippen molar-refractivity contribution in [2.45, 2.75) is 0 Å². The van der Waals surface area contributed by atoms with Gasteiger partial charge in [0.2, 0.25) is 7.28 Å². The van der Waals surface area contributed by atoms with E-state index in [1.54, 1.807) is 0 Å². The minimum absolute atomic E-state index is 0.205. The molecule has 0 fully saturated rings. The molecule has 0 aliphatic rings. The van der Waals surface area contributed by atoms with E-state index in [2.05, 4.69) is 0 Å². The number of halogens is 5. The number of hydrogen-bond donors (Lipinski definition) is 0. The molecule has 0 amide bonds. The maximum atomic E-state index is 13.9. The molecule has 0 saturated carbocycles. The summed E-state index contributed by atoms with van der Waals surface area (Å²) in [5, 5.41) is 0. The summed E-state index contributed by atoms with van der Waals surface area (Å²) in [7, 11) is 1.66. The van der Waals surface area contributed by atoms with Gasteiger partial charge < -0.3 is 9.47 Å². The van der Waals surface area contributed by atoms with Gasteiger partial charge in [-0.15, -0.1) is 0 Å². The quantitative estimate of drug-likeness (QED) is 0.486. The average Bonchev–Trinajstić information content (AvgIpc) is 2.46. The number of methoxy groups -OCH3 is 2. The van der Waals surface area contributed by atoms with Gasteiger partial charge in [-0.3, -0.25) is 0 Å². The molecule has 2 aromatic carbocycles. The Morgan fingerprint density at radius 1 is 0.773 bits per heavy atom. The first-order chi connectivity index (χ1) is 10.4. The van der Waals surface area contributed by atoms with E-state index in [1.807, 2.05) is 0 Å². The van der Waals surface area contributed by atoms with E-state index < -0.39 is 47.6 Å². The highest BCUT2D eigenvalue weighted by atomic mass is 19.2.